The largest absolute Gasteiger partial charge is 0.383 e. The average Bonchev–Trinajstić information content (AvgIpc) is 2.92. The molecule has 1 heterocycles. The number of benzene rings is 1. The van der Waals surface area contributed by atoms with Crippen molar-refractivity contribution < 1.29 is 5.11 Å². The molecule has 0 aliphatic heterocycles. The number of rotatable bonds is 5. The van der Waals surface area contributed by atoms with E-state index in [1.165, 1.54) is 6.33 Å². The molecule has 2 aromatic rings. The Morgan fingerprint density at radius 3 is 2.68 bits per heavy atom. The predicted molar refractivity (Wildman–Crippen MR) is 80.9 cm³/mol. The van der Waals surface area contributed by atoms with Gasteiger partial charge in [0, 0.05) is 10.9 Å². The van der Waals surface area contributed by atoms with Crippen LogP contribution in [0.15, 0.2) is 52.5 Å². The van der Waals surface area contributed by atoms with Crippen LogP contribution >= 0.6 is 31.9 Å². The van der Waals surface area contributed by atoms with Crippen LogP contribution in [-0.4, -0.2) is 19.9 Å². The number of hydrogen-bond donors (Lipinski definition) is 1. The second-order valence-electron chi connectivity index (χ2n) is 4.22. The fraction of sp³-hybridized carbons (Fsp3) is 0.231. The second kappa shape index (κ2) is 6.45. The maximum absolute atomic E-state index is 11.0. The third-order valence-electron chi connectivity index (χ3n) is 2.78. The minimum Gasteiger partial charge on any atom is -0.383 e. The molecule has 1 atom stereocenters. The molecule has 1 aromatic heterocycles. The Morgan fingerprint density at radius 2 is 2.11 bits per heavy atom. The van der Waals surface area contributed by atoms with Crippen LogP contribution in [0.2, 0.25) is 0 Å². The molecule has 0 fully saturated rings. The highest BCUT2D eigenvalue weighted by Crippen LogP contribution is 2.32. The van der Waals surface area contributed by atoms with Crippen molar-refractivity contribution in [2.24, 2.45) is 0 Å². The van der Waals surface area contributed by atoms with Crippen molar-refractivity contribution >= 4 is 31.9 Å². The molecule has 1 N–H and O–H groups in total. The summed E-state index contributed by atoms with van der Waals surface area (Å²) < 4.78 is 2.50. The van der Waals surface area contributed by atoms with Crippen molar-refractivity contribution in [2.75, 3.05) is 0 Å². The maximum Gasteiger partial charge on any atom is 0.137 e. The van der Waals surface area contributed by atoms with E-state index in [4.69, 9.17) is 0 Å². The maximum atomic E-state index is 11.0. The van der Waals surface area contributed by atoms with Crippen LogP contribution in [-0.2, 0) is 12.1 Å². The SMILES string of the molecule is OC(C/C(Br)=C/Br)(Cn1cncn1)c1ccccc1. The highest BCUT2D eigenvalue weighted by Gasteiger charge is 2.30. The summed E-state index contributed by atoms with van der Waals surface area (Å²) in [6.45, 7) is 0.340. The standard InChI is InChI=1S/C13H13Br2N3O/c14-7-12(15)6-13(19,8-18-10-16-9-17-18)11-4-2-1-3-5-11/h1-5,7,9-10,19H,6,8H2/b12-7-. The van der Waals surface area contributed by atoms with Crippen LogP contribution in [0.1, 0.15) is 12.0 Å². The minimum absolute atomic E-state index is 0.340. The monoisotopic (exact) mass is 385 g/mol. The van der Waals surface area contributed by atoms with E-state index in [0.717, 1.165) is 10.0 Å². The molecule has 0 bridgehead atoms. The third-order valence-corrected chi connectivity index (χ3v) is 4.46. The van der Waals surface area contributed by atoms with E-state index < -0.39 is 5.60 Å². The highest BCUT2D eigenvalue weighted by molar-refractivity contribution is 9.14. The lowest BCUT2D eigenvalue weighted by Crippen LogP contribution is -2.31. The van der Waals surface area contributed by atoms with E-state index in [1.54, 1.807) is 16.0 Å². The summed E-state index contributed by atoms with van der Waals surface area (Å²) >= 11 is 6.69. The Morgan fingerprint density at radius 1 is 1.37 bits per heavy atom. The lowest BCUT2D eigenvalue weighted by Gasteiger charge is -2.28. The fourth-order valence-electron chi connectivity index (χ4n) is 1.90. The van der Waals surface area contributed by atoms with Crippen LogP contribution in [0.5, 0.6) is 0 Å². The van der Waals surface area contributed by atoms with Gasteiger partial charge in [-0.3, -0.25) is 0 Å². The fourth-order valence-corrected chi connectivity index (χ4v) is 2.52. The Balaban J connectivity index is 2.32. The van der Waals surface area contributed by atoms with Gasteiger partial charge in [-0.2, -0.15) is 5.10 Å². The summed E-state index contributed by atoms with van der Waals surface area (Å²) in [5.41, 5.74) is -0.199. The first-order valence-corrected chi connectivity index (χ1v) is 7.40. The van der Waals surface area contributed by atoms with Gasteiger partial charge < -0.3 is 5.11 Å². The lowest BCUT2D eigenvalue weighted by molar-refractivity contribution is 0.0171. The van der Waals surface area contributed by atoms with E-state index in [1.807, 2.05) is 30.3 Å². The molecular weight excluding hydrogens is 374 g/mol. The van der Waals surface area contributed by atoms with Crippen molar-refractivity contribution in [1.82, 2.24) is 14.8 Å². The van der Waals surface area contributed by atoms with Crippen molar-refractivity contribution in [2.45, 2.75) is 18.6 Å². The van der Waals surface area contributed by atoms with Crippen molar-refractivity contribution in [3.8, 4) is 0 Å². The minimum atomic E-state index is -1.04. The van der Waals surface area contributed by atoms with Crippen LogP contribution in [0, 0.1) is 0 Å². The Hall–Kier alpha value is -0.980. The van der Waals surface area contributed by atoms with Gasteiger partial charge >= 0.3 is 0 Å². The van der Waals surface area contributed by atoms with Gasteiger partial charge in [0.2, 0.25) is 0 Å². The molecule has 19 heavy (non-hydrogen) atoms. The molecule has 0 radical (unpaired) electrons. The number of nitrogens with zero attached hydrogens (tertiary/aromatic N) is 3. The zero-order valence-corrected chi connectivity index (χ0v) is 13.2. The van der Waals surface area contributed by atoms with E-state index in [2.05, 4.69) is 41.9 Å². The van der Waals surface area contributed by atoms with Crippen molar-refractivity contribution in [1.29, 1.82) is 0 Å². The van der Waals surface area contributed by atoms with Gasteiger partial charge in [-0.15, -0.1) is 0 Å². The molecule has 0 spiro atoms. The van der Waals surface area contributed by atoms with Crippen LogP contribution in [0.3, 0.4) is 0 Å². The highest BCUT2D eigenvalue weighted by atomic mass is 79.9. The first-order valence-electron chi connectivity index (χ1n) is 5.69. The van der Waals surface area contributed by atoms with Gasteiger partial charge in [0.25, 0.3) is 0 Å². The lowest BCUT2D eigenvalue weighted by atomic mass is 9.90. The molecule has 1 unspecified atom stereocenters. The van der Waals surface area contributed by atoms with Crippen LogP contribution in [0.4, 0.5) is 0 Å². The summed E-state index contributed by atoms with van der Waals surface area (Å²) in [5.74, 6) is 0. The Kier molecular flexibility index (Phi) is 4.90. The summed E-state index contributed by atoms with van der Waals surface area (Å²) in [5, 5.41) is 15.0. The van der Waals surface area contributed by atoms with Gasteiger partial charge in [0.1, 0.15) is 18.3 Å². The predicted octanol–water partition coefficient (Wildman–Crippen LogP) is 3.19. The van der Waals surface area contributed by atoms with E-state index >= 15 is 0 Å². The van der Waals surface area contributed by atoms with Gasteiger partial charge in [-0.05, 0) is 10.5 Å². The zero-order chi connectivity index (χ0) is 13.7. The molecule has 0 aliphatic carbocycles. The van der Waals surface area contributed by atoms with E-state index in [-0.39, 0.29) is 0 Å². The third kappa shape index (κ3) is 3.75. The summed E-state index contributed by atoms with van der Waals surface area (Å²) in [4.78, 5) is 5.66. The topological polar surface area (TPSA) is 50.9 Å². The number of halogens is 2. The molecule has 4 nitrogen and oxygen atoms in total. The quantitative estimate of drug-likeness (QED) is 0.858. The molecule has 0 aliphatic rings. The summed E-state index contributed by atoms with van der Waals surface area (Å²) in [6.07, 6.45) is 3.50. The zero-order valence-electron chi connectivity index (χ0n) is 10.1. The number of aliphatic hydroxyl groups is 1. The molecular formula is C13H13Br2N3O. The molecule has 0 saturated heterocycles. The first-order chi connectivity index (χ1) is 9.14. The van der Waals surface area contributed by atoms with Gasteiger partial charge in [-0.1, -0.05) is 62.2 Å². The van der Waals surface area contributed by atoms with E-state index in [0.29, 0.717) is 13.0 Å². The van der Waals surface area contributed by atoms with Crippen LogP contribution in [0.25, 0.3) is 0 Å². The van der Waals surface area contributed by atoms with E-state index in [9.17, 15) is 5.11 Å². The normalized spacial score (nSPS) is 15.2. The van der Waals surface area contributed by atoms with Gasteiger partial charge in [-0.25, -0.2) is 9.67 Å². The molecule has 6 heteroatoms. The number of aromatic nitrogens is 3. The molecule has 1 aromatic carbocycles. The Bertz CT molecular complexity index is 542. The van der Waals surface area contributed by atoms with Crippen molar-refractivity contribution in [3.05, 3.63) is 58.0 Å². The average molecular weight is 387 g/mol. The van der Waals surface area contributed by atoms with Gasteiger partial charge in [0.15, 0.2) is 0 Å². The molecule has 0 saturated carbocycles. The number of hydrogen-bond acceptors (Lipinski definition) is 3. The molecule has 100 valence electrons. The first kappa shape index (κ1) is 14.4. The molecule has 0 amide bonds. The smallest absolute Gasteiger partial charge is 0.137 e. The summed E-state index contributed by atoms with van der Waals surface area (Å²) in [6, 6.07) is 9.56. The van der Waals surface area contributed by atoms with Gasteiger partial charge in [0.05, 0.1) is 6.54 Å². The summed E-state index contributed by atoms with van der Waals surface area (Å²) in [7, 11) is 0. The second-order valence-corrected chi connectivity index (χ2v) is 5.70. The van der Waals surface area contributed by atoms with Crippen LogP contribution < -0.4 is 0 Å². The van der Waals surface area contributed by atoms with Crippen molar-refractivity contribution in [3.63, 3.8) is 0 Å². The Labute approximate surface area is 128 Å². The molecule has 2 rings (SSSR count).